The molecule has 2 amide bonds. The Kier molecular flexibility index (Phi) is 6.28. The summed E-state index contributed by atoms with van der Waals surface area (Å²) in [5.74, 6) is -1.94. The molecule has 0 aliphatic heterocycles. The molecular weight excluding hydrogens is 320 g/mol. The number of aliphatic carboxylic acids is 1. The lowest BCUT2D eigenvalue weighted by atomic mass is 10.0. The third-order valence-corrected chi connectivity index (χ3v) is 3.65. The van der Waals surface area contributed by atoms with Gasteiger partial charge in [-0.1, -0.05) is 42.5 Å². The Labute approximate surface area is 145 Å². The number of para-hydroxylation sites is 1. The largest absolute Gasteiger partial charge is 0.480 e. The fourth-order valence-electron chi connectivity index (χ4n) is 2.43. The van der Waals surface area contributed by atoms with Gasteiger partial charge in [0.2, 0.25) is 5.91 Å². The van der Waals surface area contributed by atoms with Gasteiger partial charge in [-0.3, -0.25) is 9.59 Å². The number of carbonyl (C=O) groups excluding carboxylic acids is 2. The predicted octanol–water partition coefficient (Wildman–Crippen LogP) is 2.46. The van der Waals surface area contributed by atoms with Crippen molar-refractivity contribution in [3.05, 3.63) is 65.7 Å². The van der Waals surface area contributed by atoms with Crippen molar-refractivity contribution in [1.29, 1.82) is 0 Å². The van der Waals surface area contributed by atoms with E-state index in [0.29, 0.717) is 12.1 Å². The number of anilines is 1. The van der Waals surface area contributed by atoms with Crippen LogP contribution < -0.4 is 10.6 Å². The molecule has 6 nitrogen and oxygen atoms in total. The van der Waals surface area contributed by atoms with Gasteiger partial charge < -0.3 is 15.7 Å². The average molecular weight is 340 g/mol. The summed E-state index contributed by atoms with van der Waals surface area (Å²) in [6.07, 6.45) is 0.804. The van der Waals surface area contributed by atoms with Gasteiger partial charge >= 0.3 is 5.97 Å². The molecule has 0 radical (unpaired) electrons. The van der Waals surface area contributed by atoms with E-state index in [4.69, 9.17) is 0 Å². The number of carbonyl (C=O) groups is 3. The van der Waals surface area contributed by atoms with E-state index >= 15 is 0 Å². The van der Waals surface area contributed by atoms with Gasteiger partial charge in [0.1, 0.15) is 6.04 Å². The maximum atomic E-state index is 12.4. The maximum absolute atomic E-state index is 12.4. The van der Waals surface area contributed by atoms with Crippen LogP contribution in [-0.4, -0.2) is 28.9 Å². The molecule has 1 atom stereocenters. The van der Waals surface area contributed by atoms with Crippen LogP contribution in [0.25, 0.3) is 0 Å². The van der Waals surface area contributed by atoms with E-state index in [1.54, 1.807) is 18.2 Å². The quantitative estimate of drug-likeness (QED) is 0.721. The molecule has 0 saturated carbocycles. The van der Waals surface area contributed by atoms with Gasteiger partial charge in [0.15, 0.2) is 0 Å². The molecule has 0 spiro atoms. The summed E-state index contributed by atoms with van der Waals surface area (Å²) in [5, 5.41) is 14.5. The summed E-state index contributed by atoms with van der Waals surface area (Å²) < 4.78 is 0. The molecule has 0 aromatic heterocycles. The molecule has 0 bridgehead atoms. The Hall–Kier alpha value is -3.15. The molecule has 0 heterocycles. The fourth-order valence-corrected chi connectivity index (χ4v) is 2.43. The van der Waals surface area contributed by atoms with Gasteiger partial charge in [0, 0.05) is 6.92 Å². The number of amides is 2. The lowest BCUT2D eigenvalue weighted by molar-refractivity contribution is -0.139. The van der Waals surface area contributed by atoms with Gasteiger partial charge in [0.05, 0.1) is 11.3 Å². The lowest BCUT2D eigenvalue weighted by Crippen LogP contribution is -2.41. The van der Waals surface area contributed by atoms with E-state index in [1.165, 1.54) is 13.0 Å². The molecule has 2 aromatic rings. The Morgan fingerprint density at radius 1 is 1.00 bits per heavy atom. The zero-order valence-corrected chi connectivity index (χ0v) is 13.9. The highest BCUT2D eigenvalue weighted by Crippen LogP contribution is 2.15. The van der Waals surface area contributed by atoms with Crippen molar-refractivity contribution in [2.24, 2.45) is 0 Å². The molecule has 0 fully saturated rings. The second kappa shape index (κ2) is 8.63. The van der Waals surface area contributed by atoms with E-state index in [9.17, 15) is 19.5 Å². The molecule has 25 heavy (non-hydrogen) atoms. The summed E-state index contributed by atoms with van der Waals surface area (Å²) in [7, 11) is 0. The Bertz CT molecular complexity index is 759. The monoisotopic (exact) mass is 340 g/mol. The first kappa shape index (κ1) is 18.2. The molecule has 2 rings (SSSR count). The van der Waals surface area contributed by atoms with Crippen molar-refractivity contribution in [3.63, 3.8) is 0 Å². The minimum absolute atomic E-state index is 0.226. The van der Waals surface area contributed by atoms with Crippen LogP contribution in [-0.2, 0) is 16.0 Å². The van der Waals surface area contributed by atoms with Crippen LogP contribution in [0.3, 0.4) is 0 Å². The van der Waals surface area contributed by atoms with Crippen LogP contribution in [0.15, 0.2) is 54.6 Å². The molecular formula is C19H20N2O4. The van der Waals surface area contributed by atoms with Crippen LogP contribution in [0.1, 0.15) is 29.3 Å². The number of carboxylic acids is 1. The number of benzene rings is 2. The first-order valence-corrected chi connectivity index (χ1v) is 7.91. The van der Waals surface area contributed by atoms with E-state index < -0.39 is 17.9 Å². The number of nitrogens with one attached hydrogen (secondary N) is 2. The van der Waals surface area contributed by atoms with E-state index in [2.05, 4.69) is 10.6 Å². The van der Waals surface area contributed by atoms with E-state index in [-0.39, 0.29) is 17.9 Å². The Balaban J connectivity index is 2.08. The molecule has 3 N–H and O–H groups in total. The summed E-state index contributed by atoms with van der Waals surface area (Å²) in [6, 6.07) is 14.9. The van der Waals surface area contributed by atoms with Gasteiger partial charge in [-0.2, -0.15) is 0 Å². The van der Waals surface area contributed by atoms with Gasteiger partial charge in [-0.15, -0.1) is 0 Å². The highest BCUT2D eigenvalue weighted by atomic mass is 16.4. The van der Waals surface area contributed by atoms with Crippen molar-refractivity contribution in [2.75, 3.05) is 5.32 Å². The van der Waals surface area contributed by atoms with Crippen LogP contribution in [0.5, 0.6) is 0 Å². The summed E-state index contributed by atoms with van der Waals surface area (Å²) in [4.78, 5) is 35.2. The predicted molar refractivity (Wildman–Crippen MR) is 94.4 cm³/mol. The van der Waals surface area contributed by atoms with Crippen molar-refractivity contribution < 1.29 is 19.5 Å². The van der Waals surface area contributed by atoms with Gasteiger partial charge in [-0.25, -0.2) is 4.79 Å². The number of carboxylic acid groups (broad SMARTS) is 1. The second-order valence-corrected chi connectivity index (χ2v) is 5.62. The van der Waals surface area contributed by atoms with Crippen molar-refractivity contribution in [2.45, 2.75) is 25.8 Å². The Morgan fingerprint density at radius 3 is 2.28 bits per heavy atom. The maximum Gasteiger partial charge on any atom is 0.326 e. The summed E-state index contributed by atoms with van der Waals surface area (Å²) in [6.45, 7) is 1.34. The van der Waals surface area contributed by atoms with Gasteiger partial charge in [0.25, 0.3) is 5.91 Å². The number of aryl methyl sites for hydroxylation is 1. The first-order chi connectivity index (χ1) is 12.0. The molecule has 130 valence electrons. The number of hydrogen-bond acceptors (Lipinski definition) is 3. The van der Waals surface area contributed by atoms with Crippen molar-refractivity contribution in [3.8, 4) is 0 Å². The fraction of sp³-hybridized carbons (Fsp3) is 0.211. The molecule has 6 heteroatoms. The highest BCUT2D eigenvalue weighted by molar-refractivity contribution is 6.04. The summed E-state index contributed by atoms with van der Waals surface area (Å²) in [5.41, 5.74) is 1.57. The molecule has 0 aliphatic rings. The first-order valence-electron chi connectivity index (χ1n) is 7.91. The van der Waals surface area contributed by atoms with Crippen LogP contribution in [0.4, 0.5) is 5.69 Å². The SMILES string of the molecule is CC(=O)Nc1ccccc1C(=O)N[C@@H](CCc1ccccc1)C(=O)O. The minimum Gasteiger partial charge on any atom is -0.480 e. The van der Waals surface area contributed by atoms with Crippen LogP contribution in [0, 0.1) is 0 Å². The molecule has 0 aliphatic carbocycles. The van der Waals surface area contributed by atoms with Crippen molar-refractivity contribution in [1.82, 2.24) is 5.32 Å². The number of rotatable bonds is 7. The zero-order valence-electron chi connectivity index (χ0n) is 13.9. The second-order valence-electron chi connectivity index (χ2n) is 5.62. The standard InChI is InChI=1S/C19H20N2O4/c1-13(22)20-16-10-6-5-9-15(16)18(23)21-17(19(24)25)12-11-14-7-3-2-4-8-14/h2-10,17H,11-12H2,1H3,(H,20,22)(H,21,23)(H,24,25)/t17-/m0/s1. The third kappa shape index (κ3) is 5.46. The van der Waals surface area contributed by atoms with Crippen LogP contribution >= 0.6 is 0 Å². The van der Waals surface area contributed by atoms with E-state index in [1.807, 2.05) is 30.3 Å². The molecule has 0 saturated heterocycles. The molecule has 0 unspecified atom stereocenters. The van der Waals surface area contributed by atoms with Crippen molar-refractivity contribution >= 4 is 23.5 Å². The van der Waals surface area contributed by atoms with E-state index in [0.717, 1.165) is 5.56 Å². The zero-order chi connectivity index (χ0) is 18.2. The lowest BCUT2D eigenvalue weighted by Gasteiger charge is -2.16. The van der Waals surface area contributed by atoms with Gasteiger partial charge in [-0.05, 0) is 30.5 Å². The normalized spacial score (nSPS) is 11.4. The highest BCUT2D eigenvalue weighted by Gasteiger charge is 2.22. The minimum atomic E-state index is -1.10. The Morgan fingerprint density at radius 2 is 1.64 bits per heavy atom. The average Bonchev–Trinajstić information content (AvgIpc) is 2.59. The topological polar surface area (TPSA) is 95.5 Å². The van der Waals surface area contributed by atoms with Crippen LogP contribution in [0.2, 0.25) is 0 Å². The smallest absolute Gasteiger partial charge is 0.326 e. The third-order valence-electron chi connectivity index (χ3n) is 3.65. The summed E-state index contributed by atoms with van der Waals surface area (Å²) >= 11 is 0. The number of hydrogen-bond donors (Lipinski definition) is 3. The molecule has 2 aromatic carbocycles.